The van der Waals surface area contributed by atoms with Gasteiger partial charge in [-0.3, -0.25) is 4.98 Å². The quantitative estimate of drug-likeness (QED) is 0.873. The van der Waals surface area contributed by atoms with Crippen molar-refractivity contribution >= 4 is 0 Å². The van der Waals surface area contributed by atoms with Gasteiger partial charge < -0.3 is 10.2 Å². The second kappa shape index (κ2) is 7.85. The molecule has 0 aromatic carbocycles. The zero-order valence-corrected chi connectivity index (χ0v) is 13.5. The lowest BCUT2D eigenvalue weighted by molar-refractivity contribution is 0.152. The van der Waals surface area contributed by atoms with Gasteiger partial charge in [0.15, 0.2) is 0 Å². The van der Waals surface area contributed by atoms with Gasteiger partial charge in [0, 0.05) is 0 Å². The summed E-state index contributed by atoms with van der Waals surface area (Å²) in [6.45, 7) is 8.15. The molecule has 0 aliphatic carbocycles. The minimum Gasteiger partial charge on any atom is -0.312 e. The number of hydrogen-bond donors (Lipinski definition) is 1. The van der Waals surface area contributed by atoms with Gasteiger partial charge in [-0.1, -0.05) is 13.8 Å². The van der Waals surface area contributed by atoms with E-state index in [2.05, 4.69) is 29.0 Å². The van der Waals surface area contributed by atoms with Crippen LogP contribution in [0.3, 0.4) is 0 Å². The van der Waals surface area contributed by atoms with Crippen LogP contribution in [-0.4, -0.2) is 36.6 Å². The molecule has 2 heterocycles. The zero-order chi connectivity index (χ0) is 15.2. The Labute approximate surface area is 127 Å². The normalized spacial score (nSPS) is 19.1. The maximum atomic E-state index is 12.9. The Morgan fingerprint density at radius 3 is 2.57 bits per heavy atom. The maximum Gasteiger partial charge on any atom is 0.141 e. The number of nitrogens with zero attached hydrogens (tertiary/aromatic N) is 2. The molecule has 1 unspecified atom stereocenters. The summed E-state index contributed by atoms with van der Waals surface area (Å²) in [7, 11) is 1.95. The largest absolute Gasteiger partial charge is 0.312 e. The van der Waals surface area contributed by atoms with Crippen LogP contribution in [0.4, 0.5) is 4.39 Å². The standard InChI is InChI=1S/C17H28FN3/c1-13(2)14-6-9-21(10-7-14)11-8-16(19-3)17-5-4-15(18)12-20-17/h4-5,12-14,16,19H,6-11H2,1-3H3. The number of pyridine rings is 1. The molecule has 1 atom stereocenters. The van der Waals surface area contributed by atoms with Crippen molar-refractivity contribution in [2.45, 2.75) is 39.2 Å². The monoisotopic (exact) mass is 293 g/mol. The van der Waals surface area contributed by atoms with E-state index in [9.17, 15) is 4.39 Å². The van der Waals surface area contributed by atoms with Gasteiger partial charge in [0.1, 0.15) is 5.82 Å². The van der Waals surface area contributed by atoms with Gasteiger partial charge in [0.25, 0.3) is 0 Å². The van der Waals surface area contributed by atoms with Crippen LogP contribution < -0.4 is 5.32 Å². The van der Waals surface area contributed by atoms with Crippen molar-refractivity contribution in [1.82, 2.24) is 15.2 Å². The summed E-state index contributed by atoms with van der Waals surface area (Å²) in [5.41, 5.74) is 0.927. The molecule has 1 fully saturated rings. The van der Waals surface area contributed by atoms with Crippen LogP contribution in [0.25, 0.3) is 0 Å². The molecule has 4 heteroatoms. The molecule has 1 aliphatic rings. The van der Waals surface area contributed by atoms with Crippen molar-refractivity contribution in [3.05, 3.63) is 29.8 Å². The summed E-state index contributed by atoms with van der Waals surface area (Å²) in [5, 5.41) is 3.29. The first-order valence-electron chi connectivity index (χ1n) is 8.11. The number of halogens is 1. The van der Waals surface area contributed by atoms with Crippen LogP contribution in [0.2, 0.25) is 0 Å². The summed E-state index contributed by atoms with van der Waals surface area (Å²) in [6.07, 6.45) is 4.95. The van der Waals surface area contributed by atoms with E-state index in [4.69, 9.17) is 0 Å². The number of piperidine rings is 1. The number of aromatic nitrogens is 1. The fourth-order valence-electron chi connectivity index (χ4n) is 3.19. The third-order valence-electron chi connectivity index (χ3n) is 4.76. The molecule has 3 nitrogen and oxygen atoms in total. The van der Waals surface area contributed by atoms with Crippen molar-refractivity contribution in [3.63, 3.8) is 0 Å². The summed E-state index contributed by atoms with van der Waals surface area (Å²) in [4.78, 5) is 6.74. The molecule has 118 valence electrons. The first-order valence-corrected chi connectivity index (χ1v) is 8.11. The number of hydrogen-bond acceptors (Lipinski definition) is 3. The van der Waals surface area contributed by atoms with Crippen LogP contribution >= 0.6 is 0 Å². The van der Waals surface area contributed by atoms with Crippen molar-refractivity contribution < 1.29 is 4.39 Å². The van der Waals surface area contributed by atoms with Crippen LogP contribution in [0.1, 0.15) is 44.8 Å². The number of nitrogens with one attached hydrogen (secondary N) is 1. The predicted octanol–water partition coefficient (Wildman–Crippen LogP) is 3.24. The van der Waals surface area contributed by atoms with E-state index >= 15 is 0 Å². The maximum absolute atomic E-state index is 12.9. The second-order valence-electron chi connectivity index (χ2n) is 6.45. The highest BCUT2D eigenvalue weighted by atomic mass is 19.1. The predicted molar refractivity (Wildman–Crippen MR) is 84.6 cm³/mol. The summed E-state index contributed by atoms with van der Waals surface area (Å²) in [6, 6.07) is 3.47. The summed E-state index contributed by atoms with van der Waals surface area (Å²) in [5.74, 6) is 1.42. The van der Waals surface area contributed by atoms with E-state index in [1.807, 2.05) is 7.05 Å². The Morgan fingerprint density at radius 1 is 1.33 bits per heavy atom. The SMILES string of the molecule is CNC(CCN1CCC(C(C)C)CC1)c1ccc(F)cn1. The highest BCUT2D eigenvalue weighted by Crippen LogP contribution is 2.25. The van der Waals surface area contributed by atoms with E-state index in [0.717, 1.165) is 30.5 Å². The van der Waals surface area contributed by atoms with E-state index in [1.165, 1.54) is 38.2 Å². The van der Waals surface area contributed by atoms with Crippen molar-refractivity contribution in [1.29, 1.82) is 0 Å². The van der Waals surface area contributed by atoms with Crippen LogP contribution in [-0.2, 0) is 0 Å². The average molecular weight is 293 g/mol. The molecule has 0 radical (unpaired) electrons. The van der Waals surface area contributed by atoms with Crippen LogP contribution in [0.5, 0.6) is 0 Å². The van der Waals surface area contributed by atoms with Crippen LogP contribution in [0.15, 0.2) is 18.3 Å². The first kappa shape index (κ1) is 16.4. The Hall–Kier alpha value is -1.00. The lowest BCUT2D eigenvalue weighted by Gasteiger charge is -2.34. The molecule has 1 saturated heterocycles. The second-order valence-corrected chi connectivity index (χ2v) is 6.45. The molecule has 21 heavy (non-hydrogen) atoms. The van der Waals surface area contributed by atoms with Crippen molar-refractivity contribution in [2.24, 2.45) is 11.8 Å². The third kappa shape index (κ3) is 4.75. The van der Waals surface area contributed by atoms with Gasteiger partial charge in [0.2, 0.25) is 0 Å². The van der Waals surface area contributed by atoms with Crippen molar-refractivity contribution in [2.75, 3.05) is 26.7 Å². The molecule has 1 aromatic rings. The molecule has 1 aromatic heterocycles. The minimum atomic E-state index is -0.274. The molecule has 0 bridgehead atoms. The average Bonchev–Trinajstić information content (AvgIpc) is 2.50. The topological polar surface area (TPSA) is 28.2 Å². The highest BCUT2D eigenvalue weighted by Gasteiger charge is 2.22. The molecular weight excluding hydrogens is 265 g/mol. The van der Waals surface area contributed by atoms with E-state index in [1.54, 1.807) is 6.07 Å². The number of rotatable bonds is 6. The lowest BCUT2D eigenvalue weighted by Crippen LogP contribution is -2.37. The van der Waals surface area contributed by atoms with E-state index in [-0.39, 0.29) is 11.9 Å². The Morgan fingerprint density at radius 2 is 2.05 bits per heavy atom. The minimum absolute atomic E-state index is 0.202. The van der Waals surface area contributed by atoms with E-state index < -0.39 is 0 Å². The van der Waals surface area contributed by atoms with Crippen molar-refractivity contribution in [3.8, 4) is 0 Å². The molecule has 1 N–H and O–H groups in total. The Kier molecular flexibility index (Phi) is 6.12. The summed E-state index contributed by atoms with van der Waals surface area (Å²) >= 11 is 0. The van der Waals surface area contributed by atoms with Gasteiger partial charge in [-0.25, -0.2) is 4.39 Å². The zero-order valence-electron chi connectivity index (χ0n) is 13.5. The van der Waals surface area contributed by atoms with Gasteiger partial charge in [-0.15, -0.1) is 0 Å². The first-order chi connectivity index (χ1) is 10.1. The Bertz CT molecular complexity index is 411. The van der Waals surface area contributed by atoms with Crippen LogP contribution in [0, 0.1) is 17.7 Å². The molecule has 1 aliphatic heterocycles. The third-order valence-corrected chi connectivity index (χ3v) is 4.76. The fraction of sp³-hybridized carbons (Fsp3) is 0.706. The number of likely N-dealkylation sites (tertiary alicyclic amines) is 1. The molecule has 2 rings (SSSR count). The molecular formula is C17H28FN3. The van der Waals surface area contributed by atoms with Gasteiger partial charge in [0.05, 0.1) is 17.9 Å². The van der Waals surface area contributed by atoms with Gasteiger partial charge in [-0.05, 0) is 69.9 Å². The molecule has 0 spiro atoms. The molecule has 0 amide bonds. The fourth-order valence-corrected chi connectivity index (χ4v) is 3.19. The van der Waals surface area contributed by atoms with Gasteiger partial charge in [-0.2, -0.15) is 0 Å². The lowest BCUT2D eigenvalue weighted by atomic mass is 9.86. The smallest absolute Gasteiger partial charge is 0.141 e. The van der Waals surface area contributed by atoms with E-state index in [0.29, 0.717) is 0 Å². The van der Waals surface area contributed by atoms with Gasteiger partial charge >= 0.3 is 0 Å². The molecule has 0 saturated carbocycles. The Balaban J connectivity index is 1.80. The highest BCUT2D eigenvalue weighted by molar-refractivity contribution is 5.09. The summed E-state index contributed by atoms with van der Waals surface area (Å²) < 4.78 is 12.9.